The quantitative estimate of drug-likeness (QED) is 0.357. The number of nitrogens with zero attached hydrogens (tertiary/aromatic N) is 1. The number of rotatable bonds is 7. The number of ether oxygens (including phenoxy) is 1. The average molecular weight is 354 g/mol. The molecule has 1 amide bonds. The summed E-state index contributed by atoms with van der Waals surface area (Å²) in [6, 6.07) is 15.1. The Bertz CT molecular complexity index is 800. The van der Waals surface area contributed by atoms with Gasteiger partial charge in [-0.2, -0.15) is 0 Å². The van der Waals surface area contributed by atoms with Crippen LogP contribution in [-0.2, 0) is 20.9 Å². The highest BCUT2D eigenvalue weighted by molar-refractivity contribution is 5.90. The Balaban J connectivity index is 1.82. The number of nitro benzene ring substituents is 1. The monoisotopic (exact) mass is 354 g/mol. The van der Waals surface area contributed by atoms with Gasteiger partial charge in [0.25, 0.3) is 11.6 Å². The standard InChI is InChI=1S/C19H18N2O5/c1-14(19(23)20-13-16-5-3-2-4-6-16)26-18(22)12-9-15-7-10-17(11-8-15)21(24)25/h2-12,14H,13H2,1H3,(H,20,23)/b12-9+/t14-/m1/s1. The Hall–Kier alpha value is -3.48. The van der Waals surface area contributed by atoms with Gasteiger partial charge in [0.1, 0.15) is 0 Å². The molecule has 0 aliphatic heterocycles. The van der Waals surface area contributed by atoms with E-state index in [0.717, 1.165) is 5.56 Å². The molecule has 7 nitrogen and oxygen atoms in total. The molecule has 2 aromatic rings. The van der Waals surface area contributed by atoms with Crippen LogP contribution < -0.4 is 5.32 Å². The number of carbonyl (C=O) groups is 2. The van der Waals surface area contributed by atoms with Gasteiger partial charge in [0.05, 0.1) is 4.92 Å². The Labute approximate surface area is 150 Å². The lowest BCUT2D eigenvalue weighted by atomic mass is 10.2. The van der Waals surface area contributed by atoms with E-state index in [-0.39, 0.29) is 5.69 Å². The van der Waals surface area contributed by atoms with Crippen molar-refractivity contribution < 1.29 is 19.2 Å². The molecular formula is C19H18N2O5. The van der Waals surface area contributed by atoms with Gasteiger partial charge in [-0.3, -0.25) is 14.9 Å². The van der Waals surface area contributed by atoms with Gasteiger partial charge in [0.15, 0.2) is 6.10 Å². The van der Waals surface area contributed by atoms with Crippen LogP contribution in [0.2, 0.25) is 0 Å². The third kappa shape index (κ3) is 5.86. The molecule has 134 valence electrons. The van der Waals surface area contributed by atoms with E-state index < -0.39 is 22.9 Å². The number of nitro groups is 1. The summed E-state index contributed by atoms with van der Waals surface area (Å²) in [4.78, 5) is 33.8. The number of esters is 1. The normalized spacial score (nSPS) is 11.7. The molecule has 2 rings (SSSR count). The molecule has 7 heteroatoms. The van der Waals surface area contributed by atoms with Gasteiger partial charge in [-0.25, -0.2) is 4.79 Å². The highest BCUT2D eigenvalue weighted by Crippen LogP contribution is 2.13. The molecule has 1 atom stereocenters. The second kappa shape index (κ2) is 9.12. The van der Waals surface area contributed by atoms with Crippen molar-refractivity contribution in [2.24, 2.45) is 0 Å². The first-order valence-electron chi connectivity index (χ1n) is 7.90. The zero-order valence-electron chi connectivity index (χ0n) is 14.1. The molecule has 0 saturated heterocycles. The van der Waals surface area contributed by atoms with Crippen LogP contribution in [0.15, 0.2) is 60.7 Å². The zero-order valence-corrected chi connectivity index (χ0v) is 14.1. The molecule has 0 bridgehead atoms. The van der Waals surface area contributed by atoms with Crippen molar-refractivity contribution in [3.8, 4) is 0 Å². The van der Waals surface area contributed by atoms with Crippen LogP contribution in [0.5, 0.6) is 0 Å². The Morgan fingerprint density at radius 2 is 1.81 bits per heavy atom. The van der Waals surface area contributed by atoms with Gasteiger partial charge in [0.2, 0.25) is 0 Å². The molecule has 0 aliphatic carbocycles. The lowest BCUT2D eigenvalue weighted by Gasteiger charge is -2.12. The topological polar surface area (TPSA) is 98.5 Å². The molecule has 2 aromatic carbocycles. The molecule has 26 heavy (non-hydrogen) atoms. The minimum absolute atomic E-state index is 0.0339. The van der Waals surface area contributed by atoms with E-state index in [1.807, 2.05) is 30.3 Å². The number of hydrogen-bond donors (Lipinski definition) is 1. The van der Waals surface area contributed by atoms with Gasteiger partial charge < -0.3 is 10.1 Å². The summed E-state index contributed by atoms with van der Waals surface area (Å²) in [6.45, 7) is 1.83. The number of benzene rings is 2. The van der Waals surface area contributed by atoms with Gasteiger partial charge in [0, 0.05) is 24.8 Å². The largest absolute Gasteiger partial charge is 0.449 e. The second-order valence-electron chi connectivity index (χ2n) is 5.46. The predicted octanol–water partition coefficient (Wildman–Crippen LogP) is 2.86. The first-order valence-corrected chi connectivity index (χ1v) is 7.90. The highest BCUT2D eigenvalue weighted by Gasteiger charge is 2.16. The average Bonchev–Trinajstić information content (AvgIpc) is 2.65. The van der Waals surface area contributed by atoms with Crippen molar-refractivity contribution in [1.82, 2.24) is 5.32 Å². The molecular weight excluding hydrogens is 336 g/mol. The Morgan fingerprint density at radius 3 is 2.42 bits per heavy atom. The molecule has 0 radical (unpaired) electrons. The first kappa shape index (κ1) is 18.9. The summed E-state index contributed by atoms with van der Waals surface area (Å²) in [7, 11) is 0. The summed E-state index contributed by atoms with van der Waals surface area (Å²) in [5.74, 6) is -1.07. The fourth-order valence-corrected chi connectivity index (χ4v) is 2.07. The van der Waals surface area contributed by atoms with Crippen LogP contribution >= 0.6 is 0 Å². The van der Waals surface area contributed by atoms with Crippen LogP contribution in [0.25, 0.3) is 6.08 Å². The van der Waals surface area contributed by atoms with Crippen molar-refractivity contribution in [3.63, 3.8) is 0 Å². The van der Waals surface area contributed by atoms with Crippen molar-refractivity contribution in [2.75, 3.05) is 0 Å². The summed E-state index contributed by atoms with van der Waals surface area (Å²) in [5, 5.41) is 13.3. The zero-order chi connectivity index (χ0) is 18.9. The van der Waals surface area contributed by atoms with E-state index in [0.29, 0.717) is 12.1 Å². The minimum atomic E-state index is -0.937. The van der Waals surface area contributed by atoms with E-state index in [1.165, 1.54) is 43.3 Å². The third-order valence-electron chi connectivity index (χ3n) is 3.49. The van der Waals surface area contributed by atoms with Crippen LogP contribution in [0.3, 0.4) is 0 Å². The second-order valence-corrected chi connectivity index (χ2v) is 5.46. The SMILES string of the molecule is C[C@@H](OC(=O)/C=C/c1ccc([N+](=O)[O-])cc1)C(=O)NCc1ccccc1. The van der Waals surface area contributed by atoms with Gasteiger partial charge in [-0.1, -0.05) is 30.3 Å². The van der Waals surface area contributed by atoms with Crippen LogP contribution in [0.1, 0.15) is 18.1 Å². The summed E-state index contributed by atoms with van der Waals surface area (Å²) >= 11 is 0. The number of nitrogens with one attached hydrogen (secondary N) is 1. The van der Waals surface area contributed by atoms with Crippen molar-refractivity contribution in [1.29, 1.82) is 0 Å². The number of amides is 1. The van der Waals surface area contributed by atoms with Crippen LogP contribution in [-0.4, -0.2) is 22.9 Å². The van der Waals surface area contributed by atoms with E-state index >= 15 is 0 Å². The van der Waals surface area contributed by atoms with Gasteiger partial charge in [-0.05, 0) is 36.3 Å². The minimum Gasteiger partial charge on any atom is -0.449 e. The van der Waals surface area contributed by atoms with E-state index in [1.54, 1.807) is 0 Å². The van der Waals surface area contributed by atoms with Crippen molar-refractivity contribution in [2.45, 2.75) is 19.6 Å². The number of non-ortho nitro benzene ring substituents is 1. The van der Waals surface area contributed by atoms with Crippen LogP contribution in [0, 0.1) is 10.1 Å². The smallest absolute Gasteiger partial charge is 0.331 e. The Kier molecular flexibility index (Phi) is 6.61. The van der Waals surface area contributed by atoms with Crippen molar-refractivity contribution >= 4 is 23.6 Å². The summed E-state index contributed by atoms with van der Waals surface area (Å²) in [5.41, 5.74) is 1.51. The number of carbonyl (C=O) groups excluding carboxylic acids is 2. The maximum absolute atomic E-state index is 12.0. The maximum Gasteiger partial charge on any atom is 0.331 e. The summed E-state index contributed by atoms with van der Waals surface area (Å²) < 4.78 is 5.04. The fraction of sp³-hybridized carbons (Fsp3) is 0.158. The van der Waals surface area contributed by atoms with E-state index in [4.69, 9.17) is 4.74 Å². The molecule has 1 N–H and O–H groups in total. The molecule has 0 fully saturated rings. The van der Waals surface area contributed by atoms with Crippen molar-refractivity contribution in [3.05, 3.63) is 81.9 Å². The highest BCUT2D eigenvalue weighted by atomic mass is 16.6. The summed E-state index contributed by atoms with van der Waals surface area (Å²) in [6.07, 6.45) is 1.69. The third-order valence-corrected chi connectivity index (χ3v) is 3.49. The molecule has 0 unspecified atom stereocenters. The maximum atomic E-state index is 12.0. The van der Waals surface area contributed by atoms with Crippen LogP contribution in [0.4, 0.5) is 5.69 Å². The molecule has 0 heterocycles. The lowest BCUT2D eigenvalue weighted by Crippen LogP contribution is -2.35. The predicted molar refractivity (Wildman–Crippen MR) is 96.0 cm³/mol. The fourth-order valence-electron chi connectivity index (χ4n) is 2.07. The van der Waals surface area contributed by atoms with E-state index in [2.05, 4.69) is 5.32 Å². The molecule has 0 saturated carbocycles. The molecule has 0 aliphatic rings. The first-order chi connectivity index (χ1) is 12.5. The molecule has 0 spiro atoms. The van der Waals surface area contributed by atoms with Gasteiger partial charge in [-0.15, -0.1) is 0 Å². The van der Waals surface area contributed by atoms with Gasteiger partial charge >= 0.3 is 5.97 Å². The number of hydrogen-bond acceptors (Lipinski definition) is 5. The Morgan fingerprint density at radius 1 is 1.15 bits per heavy atom. The van der Waals surface area contributed by atoms with E-state index in [9.17, 15) is 19.7 Å². The lowest BCUT2D eigenvalue weighted by molar-refractivity contribution is -0.384. The molecule has 0 aromatic heterocycles.